The van der Waals surface area contributed by atoms with E-state index in [0.717, 1.165) is 45.1 Å². The molecule has 1 spiro atoms. The Hall–Kier alpha value is -3.38. The van der Waals surface area contributed by atoms with E-state index in [2.05, 4.69) is 61.0 Å². The van der Waals surface area contributed by atoms with Crippen LogP contribution in [0.3, 0.4) is 0 Å². The summed E-state index contributed by atoms with van der Waals surface area (Å²) in [6, 6.07) is 15.7. The monoisotopic (exact) mass is 677 g/mol. The summed E-state index contributed by atoms with van der Waals surface area (Å²) in [7, 11) is 5.61. The average Bonchev–Trinajstić information content (AvgIpc) is 3.61. The minimum atomic E-state index is -0.935. The minimum Gasteiger partial charge on any atom is -0.504 e. The van der Waals surface area contributed by atoms with E-state index in [1.807, 2.05) is 25.1 Å². The molecule has 0 aliphatic carbocycles. The summed E-state index contributed by atoms with van der Waals surface area (Å²) >= 11 is 3.64. The van der Waals surface area contributed by atoms with Crippen LogP contribution in [-0.2, 0) is 16.1 Å². The lowest BCUT2D eigenvalue weighted by Crippen LogP contribution is -2.51. The molecule has 4 saturated heterocycles. The maximum atomic E-state index is 14.6. The lowest BCUT2D eigenvalue weighted by molar-refractivity contribution is -0.133. The van der Waals surface area contributed by atoms with Crippen LogP contribution >= 0.6 is 15.9 Å². The molecule has 0 aromatic heterocycles. The molecule has 1 unspecified atom stereocenters. The number of fused-ring (bicyclic) bond motifs is 1. The number of rotatable bonds is 8. The third-order valence-corrected chi connectivity index (χ3v) is 10.9. The van der Waals surface area contributed by atoms with Crippen molar-refractivity contribution >= 4 is 44.3 Å². The Labute approximate surface area is 272 Å². The van der Waals surface area contributed by atoms with E-state index in [1.54, 1.807) is 12.1 Å². The van der Waals surface area contributed by atoms with Crippen LogP contribution in [0.15, 0.2) is 53.0 Å². The highest BCUT2D eigenvalue weighted by molar-refractivity contribution is 9.10. The lowest BCUT2D eigenvalue weighted by Gasteiger charge is -2.33. The Morgan fingerprint density at radius 3 is 2.53 bits per heavy atom. The largest absolute Gasteiger partial charge is 0.504 e. The molecule has 4 heterocycles. The Kier molecular flexibility index (Phi) is 7.92. The number of hydrogen-bond acceptors (Lipinski definition) is 8. The van der Waals surface area contributed by atoms with E-state index in [1.165, 1.54) is 12.0 Å². The van der Waals surface area contributed by atoms with Crippen molar-refractivity contribution in [2.75, 3.05) is 78.6 Å². The maximum absolute atomic E-state index is 14.6. The normalized spacial score (nSPS) is 25.3. The summed E-state index contributed by atoms with van der Waals surface area (Å²) in [5.41, 5.74) is 2.18. The van der Waals surface area contributed by atoms with Gasteiger partial charge in [-0.15, -0.1) is 0 Å². The number of aromatic hydroxyl groups is 1. The van der Waals surface area contributed by atoms with Crippen molar-refractivity contribution in [2.45, 2.75) is 24.5 Å². The van der Waals surface area contributed by atoms with Gasteiger partial charge < -0.3 is 24.4 Å². The lowest BCUT2D eigenvalue weighted by atomic mass is 9.87. The van der Waals surface area contributed by atoms with Crippen LogP contribution in [-0.4, -0.2) is 116 Å². The summed E-state index contributed by atoms with van der Waals surface area (Å²) < 4.78 is 11.6. The highest BCUT2D eigenvalue weighted by Gasteiger charge is 2.70. The molecule has 238 valence electrons. The molecule has 4 aliphatic heterocycles. The summed E-state index contributed by atoms with van der Waals surface area (Å²) in [6.07, 6.45) is 0.714. The number of morpholine rings is 1. The van der Waals surface area contributed by atoms with Crippen LogP contribution in [0, 0.1) is 5.92 Å². The van der Waals surface area contributed by atoms with E-state index < -0.39 is 5.54 Å². The van der Waals surface area contributed by atoms with Crippen LogP contribution in [0.4, 0.5) is 10.5 Å². The first-order chi connectivity index (χ1) is 21.7. The van der Waals surface area contributed by atoms with Gasteiger partial charge in [0.1, 0.15) is 5.54 Å². The molecule has 3 atom stereocenters. The summed E-state index contributed by atoms with van der Waals surface area (Å²) in [4.78, 5) is 39.1. The molecule has 4 aliphatic rings. The summed E-state index contributed by atoms with van der Waals surface area (Å²) in [5, 5.41) is 12.7. The number of anilines is 1. The van der Waals surface area contributed by atoms with Crippen LogP contribution in [0.1, 0.15) is 23.6 Å². The molecular weight excluding hydrogens is 638 g/mol. The second-order valence-corrected chi connectivity index (χ2v) is 13.7. The number of hydrogen-bond donors (Lipinski definition) is 1. The molecule has 45 heavy (non-hydrogen) atoms. The van der Waals surface area contributed by atoms with Gasteiger partial charge in [0.25, 0.3) is 5.91 Å². The molecule has 0 radical (unpaired) electrons. The molecule has 3 amide bonds. The van der Waals surface area contributed by atoms with E-state index in [-0.39, 0.29) is 29.6 Å². The molecule has 4 fully saturated rings. The van der Waals surface area contributed by atoms with Gasteiger partial charge >= 0.3 is 6.03 Å². The Bertz CT molecular complexity index is 1640. The number of methoxy groups -OCH3 is 1. The van der Waals surface area contributed by atoms with Gasteiger partial charge in [0.15, 0.2) is 11.5 Å². The highest BCUT2D eigenvalue weighted by atomic mass is 79.9. The second-order valence-electron chi connectivity index (χ2n) is 12.8. The van der Waals surface area contributed by atoms with Gasteiger partial charge in [-0.1, -0.05) is 46.3 Å². The van der Waals surface area contributed by atoms with Crippen LogP contribution in [0.25, 0.3) is 10.8 Å². The Balaban J connectivity index is 1.24. The standard InChI is InChI=1S/C34H40BrN5O5/c1-36(2)28-9-8-26(24-6-4-5-7-25(24)28)29-17-23-20-38(19-22-16-30(41)31(44-3)18-27(22)35)21-34(23)32(42)39(33(43)40(29)34)11-10-37-12-14-45-15-13-37/h4-9,16,18,23,29,41H,10-15,17,19-21H2,1-3H3/t23-,29-,34?/m1/s1. The number of carbonyl (C=O) groups excluding carboxylic acids is 2. The quantitative estimate of drug-likeness (QED) is 0.354. The molecule has 0 bridgehead atoms. The topological polar surface area (TPSA) is 89.0 Å². The summed E-state index contributed by atoms with van der Waals surface area (Å²) in [6.45, 7) is 5.61. The first kappa shape index (κ1) is 30.3. The van der Waals surface area contributed by atoms with Gasteiger partial charge in [0.2, 0.25) is 0 Å². The number of ether oxygens (including phenoxy) is 2. The predicted octanol–water partition coefficient (Wildman–Crippen LogP) is 4.29. The van der Waals surface area contributed by atoms with Gasteiger partial charge in [-0.3, -0.25) is 19.5 Å². The third-order valence-electron chi connectivity index (χ3n) is 10.2. The SMILES string of the molecule is COc1cc(Br)c(CN2C[C@H]3C[C@H](c4ccc(N(C)C)c5ccccc45)N4C(=O)N(CCN5CCOCC5)C(=O)C34C2)cc1O. The van der Waals surface area contributed by atoms with Gasteiger partial charge in [0.05, 0.1) is 26.4 Å². The number of phenolic OH excluding ortho intramolecular Hbond substituents is 1. The molecule has 10 nitrogen and oxygen atoms in total. The molecule has 3 aromatic rings. The van der Waals surface area contributed by atoms with Gasteiger partial charge in [0, 0.05) is 81.4 Å². The van der Waals surface area contributed by atoms with Gasteiger partial charge in [-0.25, -0.2) is 4.79 Å². The van der Waals surface area contributed by atoms with Crippen LogP contribution in [0.2, 0.25) is 0 Å². The van der Waals surface area contributed by atoms with Crippen LogP contribution < -0.4 is 9.64 Å². The highest BCUT2D eigenvalue weighted by Crippen LogP contribution is 2.56. The number of likely N-dealkylation sites (tertiary alicyclic amines) is 1. The Morgan fingerprint density at radius 1 is 1.04 bits per heavy atom. The van der Waals surface area contributed by atoms with Crippen molar-refractivity contribution < 1.29 is 24.2 Å². The first-order valence-electron chi connectivity index (χ1n) is 15.6. The van der Waals surface area contributed by atoms with Crippen molar-refractivity contribution in [3.8, 4) is 11.5 Å². The number of phenols is 1. The number of benzene rings is 3. The average molecular weight is 679 g/mol. The molecule has 1 N–H and O–H groups in total. The molecular formula is C34H40BrN5O5. The summed E-state index contributed by atoms with van der Waals surface area (Å²) in [5.74, 6) is 0.368. The zero-order chi connectivity index (χ0) is 31.5. The zero-order valence-corrected chi connectivity index (χ0v) is 27.6. The van der Waals surface area contributed by atoms with Crippen LogP contribution in [0.5, 0.6) is 11.5 Å². The first-order valence-corrected chi connectivity index (χ1v) is 16.4. The minimum absolute atomic E-state index is 0.0229. The number of halogens is 1. The van der Waals surface area contributed by atoms with Crippen molar-refractivity contribution in [3.05, 3.63) is 64.1 Å². The van der Waals surface area contributed by atoms with Gasteiger partial charge in [-0.05, 0) is 41.1 Å². The van der Waals surface area contributed by atoms with E-state index >= 15 is 0 Å². The Morgan fingerprint density at radius 2 is 1.80 bits per heavy atom. The number of imide groups is 1. The number of carbonyl (C=O) groups is 2. The number of nitrogens with zero attached hydrogens (tertiary/aromatic N) is 5. The molecule has 3 aromatic carbocycles. The fraction of sp³-hybridized carbons (Fsp3) is 0.471. The molecule has 11 heteroatoms. The maximum Gasteiger partial charge on any atom is 0.328 e. The van der Waals surface area contributed by atoms with Gasteiger partial charge in [-0.2, -0.15) is 0 Å². The smallest absolute Gasteiger partial charge is 0.328 e. The third kappa shape index (κ3) is 4.95. The van der Waals surface area contributed by atoms with Crippen molar-refractivity contribution in [3.63, 3.8) is 0 Å². The fourth-order valence-corrected chi connectivity index (χ4v) is 8.49. The van der Waals surface area contributed by atoms with Crippen molar-refractivity contribution in [1.82, 2.24) is 19.6 Å². The van der Waals surface area contributed by atoms with Crippen molar-refractivity contribution in [2.24, 2.45) is 5.92 Å². The molecule has 0 saturated carbocycles. The molecule has 7 rings (SSSR count). The van der Waals surface area contributed by atoms with E-state index in [4.69, 9.17) is 9.47 Å². The van der Waals surface area contributed by atoms with E-state index in [9.17, 15) is 14.7 Å². The fourth-order valence-electron chi connectivity index (χ4n) is 8.04. The second kappa shape index (κ2) is 11.8. The predicted molar refractivity (Wildman–Crippen MR) is 176 cm³/mol. The van der Waals surface area contributed by atoms with E-state index in [0.29, 0.717) is 58.1 Å². The number of amides is 3. The number of urea groups is 1. The van der Waals surface area contributed by atoms with Crippen molar-refractivity contribution in [1.29, 1.82) is 0 Å². The zero-order valence-electron chi connectivity index (χ0n) is 26.0.